The van der Waals surface area contributed by atoms with E-state index in [1.807, 2.05) is 35.2 Å². The van der Waals surface area contributed by atoms with Crippen molar-refractivity contribution < 1.29 is 4.79 Å². The van der Waals surface area contributed by atoms with Crippen molar-refractivity contribution >= 4 is 43.4 Å². The van der Waals surface area contributed by atoms with Crippen LogP contribution >= 0.6 is 11.3 Å². The molecule has 5 rings (SSSR count). The highest BCUT2D eigenvalue weighted by molar-refractivity contribution is 7.22. The van der Waals surface area contributed by atoms with Crippen LogP contribution in [0.25, 0.3) is 21.0 Å². The molecule has 0 saturated carbocycles. The van der Waals surface area contributed by atoms with Crippen LogP contribution in [0.15, 0.2) is 60.7 Å². The van der Waals surface area contributed by atoms with E-state index in [0.29, 0.717) is 0 Å². The summed E-state index contributed by atoms with van der Waals surface area (Å²) in [5, 5.41) is 3.19. The average Bonchev–Trinajstić information content (AvgIpc) is 3.16. The Bertz CT molecular complexity index is 1170. The molecule has 0 bridgehead atoms. The largest absolute Gasteiger partial charge is 0.345 e. The Morgan fingerprint density at radius 1 is 0.964 bits per heavy atom. The average molecular weight is 388 g/mol. The predicted octanol–water partition coefficient (Wildman–Crippen LogP) is 4.72. The molecule has 4 nitrogen and oxygen atoms in total. The first-order valence-corrected chi connectivity index (χ1v) is 10.4. The van der Waals surface area contributed by atoms with Crippen LogP contribution in [0.1, 0.15) is 15.9 Å². The van der Waals surface area contributed by atoms with E-state index in [1.54, 1.807) is 11.3 Å². The predicted molar refractivity (Wildman–Crippen MR) is 116 cm³/mol. The highest BCUT2D eigenvalue weighted by Crippen LogP contribution is 2.30. The highest BCUT2D eigenvalue weighted by atomic mass is 32.1. The molecule has 4 aromatic rings. The molecule has 0 atom stereocenters. The molecule has 1 amide bonds. The molecule has 0 radical (unpaired) electrons. The number of fused-ring (bicyclic) bond motifs is 2. The lowest BCUT2D eigenvalue weighted by atomic mass is 10.0. The van der Waals surface area contributed by atoms with Crippen molar-refractivity contribution in [3.63, 3.8) is 0 Å². The van der Waals surface area contributed by atoms with Crippen LogP contribution in [0.3, 0.4) is 0 Å². The maximum absolute atomic E-state index is 13.1. The maximum atomic E-state index is 13.1. The minimum absolute atomic E-state index is 0.122. The zero-order chi connectivity index (χ0) is 19.1. The molecule has 1 fully saturated rings. The number of rotatable bonds is 2. The summed E-state index contributed by atoms with van der Waals surface area (Å²) in [6.45, 7) is 5.18. The van der Waals surface area contributed by atoms with Crippen molar-refractivity contribution in [2.45, 2.75) is 6.92 Å². The Labute approximate surface area is 168 Å². The Kier molecular flexibility index (Phi) is 4.24. The fourth-order valence-corrected chi connectivity index (χ4v) is 4.95. The summed E-state index contributed by atoms with van der Waals surface area (Å²) < 4.78 is 1.23. The molecule has 0 aliphatic carbocycles. The van der Waals surface area contributed by atoms with Gasteiger partial charge < -0.3 is 9.80 Å². The second kappa shape index (κ2) is 6.91. The molecular formula is C23H21N3OS. The molecule has 2 heterocycles. The summed E-state index contributed by atoms with van der Waals surface area (Å²) in [6.07, 6.45) is 0. The standard InChI is InChI=1S/C23H21N3OS/c1-16-9-10-20-21(15-16)28-23(24-20)26-13-11-25(12-14-26)22(27)19-8-4-6-17-5-2-3-7-18(17)19/h2-10,15H,11-14H2,1H3. The fraction of sp³-hybridized carbons (Fsp3) is 0.217. The lowest BCUT2D eigenvalue weighted by Crippen LogP contribution is -2.48. The number of amides is 1. The van der Waals surface area contributed by atoms with Gasteiger partial charge in [0.1, 0.15) is 0 Å². The van der Waals surface area contributed by atoms with Gasteiger partial charge in [-0.05, 0) is 41.5 Å². The third-order valence-electron chi connectivity index (χ3n) is 5.39. The smallest absolute Gasteiger partial charge is 0.254 e. The second-order valence-electron chi connectivity index (χ2n) is 7.27. The van der Waals surface area contributed by atoms with E-state index in [4.69, 9.17) is 4.98 Å². The van der Waals surface area contributed by atoms with Crippen LogP contribution in [0, 0.1) is 6.92 Å². The number of benzene rings is 3. The van der Waals surface area contributed by atoms with Gasteiger partial charge in [0, 0.05) is 31.7 Å². The first kappa shape index (κ1) is 17.2. The number of anilines is 1. The maximum Gasteiger partial charge on any atom is 0.254 e. The number of aryl methyl sites for hydroxylation is 1. The van der Waals surface area contributed by atoms with Crippen molar-refractivity contribution in [1.82, 2.24) is 9.88 Å². The summed E-state index contributed by atoms with van der Waals surface area (Å²) in [7, 11) is 0. The summed E-state index contributed by atoms with van der Waals surface area (Å²) in [4.78, 5) is 22.2. The number of thiazole rings is 1. The molecule has 0 spiro atoms. The van der Waals surface area contributed by atoms with Gasteiger partial charge in [-0.25, -0.2) is 4.98 Å². The first-order valence-electron chi connectivity index (χ1n) is 9.58. The number of piperazine rings is 1. The van der Waals surface area contributed by atoms with E-state index in [2.05, 4.69) is 42.2 Å². The van der Waals surface area contributed by atoms with Crippen molar-refractivity contribution in [3.8, 4) is 0 Å². The first-order chi connectivity index (χ1) is 13.7. The minimum atomic E-state index is 0.122. The third-order valence-corrected chi connectivity index (χ3v) is 6.47. The van der Waals surface area contributed by atoms with E-state index in [1.165, 1.54) is 10.3 Å². The van der Waals surface area contributed by atoms with E-state index in [-0.39, 0.29) is 5.91 Å². The normalized spacial score (nSPS) is 14.8. The fourth-order valence-electron chi connectivity index (χ4n) is 3.84. The van der Waals surface area contributed by atoms with E-state index in [9.17, 15) is 4.79 Å². The molecule has 3 aromatic carbocycles. The number of nitrogens with zero attached hydrogens (tertiary/aromatic N) is 3. The van der Waals surface area contributed by atoms with Crippen molar-refractivity contribution in [2.24, 2.45) is 0 Å². The van der Waals surface area contributed by atoms with Gasteiger partial charge in [-0.1, -0.05) is 53.8 Å². The molecule has 0 unspecified atom stereocenters. The Balaban J connectivity index is 1.34. The second-order valence-corrected chi connectivity index (χ2v) is 8.28. The Morgan fingerprint density at radius 3 is 2.61 bits per heavy atom. The van der Waals surface area contributed by atoms with Gasteiger partial charge in [0.2, 0.25) is 0 Å². The van der Waals surface area contributed by atoms with Crippen LogP contribution in [-0.4, -0.2) is 42.0 Å². The van der Waals surface area contributed by atoms with Gasteiger partial charge in [-0.2, -0.15) is 0 Å². The van der Waals surface area contributed by atoms with Gasteiger partial charge in [0.05, 0.1) is 10.2 Å². The van der Waals surface area contributed by atoms with Crippen LogP contribution in [0.4, 0.5) is 5.13 Å². The zero-order valence-electron chi connectivity index (χ0n) is 15.8. The van der Waals surface area contributed by atoms with Crippen molar-refractivity contribution in [2.75, 3.05) is 31.1 Å². The van der Waals surface area contributed by atoms with Gasteiger partial charge >= 0.3 is 0 Å². The number of hydrogen-bond acceptors (Lipinski definition) is 4. The van der Waals surface area contributed by atoms with Crippen LogP contribution < -0.4 is 4.90 Å². The van der Waals surface area contributed by atoms with Crippen LogP contribution in [0.2, 0.25) is 0 Å². The summed E-state index contributed by atoms with van der Waals surface area (Å²) in [5.74, 6) is 0.122. The number of hydrogen-bond donors (Lipinski definition) is 0. The minimum Gasteiger partial charge on any atom is -0.345 e. The molecule has 28 heavy (non-hydrogen) atoms. The molecule has 1 saturated heterocycles. The third kappa shape index (κ3) is 3.02. The van der Waals surface area contributed by atoms with Crippen molar-refractivity contribution in [1.29, 1.82) is 0 Å². The lowest BCUT2D eigenvalue weighted by molar-refractivity contribution is 0.0749. The van der Waals surface area contributed by atoms with E-state index >= 15 is 0 Å². The topological polar surface area (TPSA) is 36.4 Å². The summed E-state index contributed by atoms with van der Waals surface area (Å²) in [6, 6.07) is 20.4. The molecule has 0 N–H and O–H groups in total. The van der Waals surface area contributed by atoms with E-state index < -0.39 is 0 Å². The van der Waals surface area contributed by atoms with Gasteiger partial charge in [-0.15, -0.1) is 0 Å². The van der Waals surface area contributed by atoms with Crippen LogP contribution in [0.5, 0.6) is 0 Å². The quantitative estimate of drug-likeness (QED) is 0.499. The van der Waals surface area contributed by atoms with Gasteiger partial charge in [-0.3, -0.25) is 4.79 Å². The molecule has 1 aliphatic heterocycles. The zero-order valence-corrected chi connectivity index (χ0v) is 16.6. The Hall–Kier alpha value is -2.92. The van der Waals surface area contributed by atoms with Gasteiger partial charge in [0.15, 0.2) is 5.13 Å². The monoisotopic (exact) mass is 387 g/mol. The summed E-state index contributed by atoms with van der Waals surface area (Å²) >= 11 is 1.74. The molecular weight excluding hydrogens is 366 g/mol. The highest BCUT2D eigenvalue weighted by Gasteiger charge is 2.24. The lowest BCUT2D eigenvalue weighted by Gasteiger charge is -2.34. The number of carbonyl (C=O) groups excluding carboxylic acids is 1. The number of carbonyl (C=O) groups is 1. The van der Waals surface area contributed by atoms with E-state index in [0.717, 1.165) is 53.2 Å². The Morgan fingerprint density at radius 2 is 1.75 bits per heavy atom. The van der Waals surface area contributed by atoms with Gasteiger partial charge in [0.25, 0.3) is 5.91 Å². The molecule has 5 heteroatoms. The summed E-state index contributed by atoms with van der Waals surface area (Å²) in [5.41, 5.74) is 3.11. The number of aromatic nitrogens is 1. The molecule has 140 valence electrons. The molecule has 1 aromatic heterocycles. The SMILES string of the molecule is Cc1ccc2nc(N3CCN(C(=O)c4cccc5ccccc45)CC3)sc2c1. The van der Waals surface area contributed by atoms with Crippen molar-refractivity contribution in [3.05, 3.63) is 71.8 Å². The molecule has 1 aliphatic rings. The van der Waals surface area contributed by atoms with Crippen LogP contribution in [-0.2, 0) is 0 Å².